The number of hydrogen-bond acceptors (Lipinski definition) is 24. The van der Waals surface area contributed by atoms with Gasteiger partial charge in [0, 0.05) is 102 Å². The summed E-state index contributed by atoms with van der Waals surface area (Å²) in [6, 6.07) is 87.8. The minimum atomic E-state index is -3.62. The molecular formula is C90H102F6O24P6S6+6. The molecule has 0 fully saturated rings. The van der Waals surface area contributed by atoms with Crippen LogP contribution in [0.5, 0.6) is 0 Å². The minimum absolute atomic E-state index is 0.101. The largest absolute Gasteiger partial charge is 0.562 e. The van der Waals surface area contributed by atoms with Gasteiger partial charge in [-0.15, -0.1) is 0 Å². The predicted octanol–water partition coefficient (Wildman–Crippen LogP) is 17.9. The summed E-state index contributed by atoms with van der Waals surface area (Å²) in [7, 11) is -13.9. The fourth-order valence-corrected chi connectivity index (χ4v) is 19.6. The number of halogens is 6. The van der Waals surface area contributed by atoms with Gasteiger partial charge in [0.05, 0.1) is 67.8 Å². The maximum Gasteiger partial charge on any atom is 0.540 e. The van der Waals surface area contributed by atoms with Gasteiger partial charge in [0.2, 0.25) is 31.5 Å². The second kappa shape index (κ2) is 65.7. The van der Waals surface area contributed by atoms with E-state index in [1.165, 1.54) is 137 Å². The van der Waals surface area contributed by atoms with E-state index in [0.29, 0.717) is 0 Å². The summed E-state index contributed by atoms with van der Waals surface area (Å²) < 4.78 is 139. The van der Waals surface area contributed by atoms with Crippen LogP contribution in [0.25, 0.3) is 64.6 Å². The third kappa shape index (κ3) is 45.9. The number of esters is 6. The summed E-state index contributed by atoms with van der Waals surface area (Å²) in [5.41, 5.74) is 0. The molecule has 12 aromatic carbocycles. The maximum absolute atomic E-state index is 11.6. The Balaban J connectivity index is 0.000000753. The molecule has 24 nitrogen and oxygen atoms in total. The topological polar surface area (TPSA) is 399 Å². The van der Waals surface area contributed by atoms with Crippen LogP contribution in [0.1, 0.15) is 41.5 Å². The van der Waals surface area contributed by atoms with Crippen LogP contribution in [0.2, 0.25) is 0 Å². The fourth-order valence-electron chi connectivity index (χ4n) is 11.3. The Hall–Kier alpha value is -8.94. The molecule has 0 amide bonds. The van der Waals surface area contributed by atoms with Crippen LogP contribution in [0.3, 0.4) is 0 Å². The zero-order valence-electron chi connectivity index (χ0n) is 74.9. The van der Waals surface area contributed by atoms with Crippen LogP contribution in [0.4, 0.5) is 25.2 Å². The molecule has 0 saturated heterocycles. The van der Waals surface area contributed by atoms with Gasteiger partial charge in [-0.1, -0.05) is 146 Å². The number of ether oxygens (including phenoxy) is 6. The minimum Gasteiger partial charge on any atom is -0.562 e. The van der Waals surface area contributed by atoms with E-state index < -0.39 is 50.0 Å². The highest BCUT2D eigenvalue weighted by Crippen LogP contribution is 2.30. The van der Waals surface area contributed by atoms with E-state index in [2.05, 4.69) is 220 Å². The Labute approximate surface area is 786 Å². The van der Waals surface area contributed by atoms with Gasteiger partial charge in [-0.25, -0.2) is 28.8 Å². The van der Waals surface area contributed by atoms with E-state index in [9.17, 15) is 53.9 Å². The average molecular weight is 2060 g/mol. The Kier molecular flexibility index (Phi) is 60.2. The number of methoxy groups -OCH3 is 6. The van der Waals surface area contributed by atoms with Crippen molar-refractivity contribution >= 4 is 216 Å². The second-order valence-electron chi connectivity index (χ2n) is 26.7. The number of benzene rings is 12. The lowest BCUT2D eigenvalue weighted by atomic mass is 10.1. The molecule has 12 aromatic rings. The van der Waals surface area contributed by atoms with E-state index in [1.807, 2.05) is 114 Å². The van der Waals surface area contributed by atoms with Crippen molar-refractivity contribution < 1.29 is 139 Å². The van der Waals surface area contributed by atoms with Crippen molar-refractivity contribution in [3.05, 3.63) is 255 Å². The van der Waals surface area contributed by atoms with Crippen molar-refractivity contribution in [3.8, 4) is 0 Å². The molecule has 132 heavy (non-hydrogen) atoms. The molecule has 0 saturated carbocycles. The zero-order valence-corrected chi connectivity index (χ0v) is 85.2. The van der Waals surface area contributed by atoms with Gasteiger partial charge < -0.3 is 57.8 Å². The standard InChI is InChI=1S/6C15H17O2S.6FO2P/c6*1-11(15(16)17-2)18(3)14-9-8-12-6-4-5-7-13(12)10-14;6*1-4(2)3/h6*4-11H,1-3H3;;;;;;/q6*+1;;;;;;. The third-order valence-corrected chi connectivity index (χ3v) is 32.4. The first-order valence-electron chi connectivity index (χ1n) is 38.3. The molecule has 18 atom stereocenters. The quantitative estimate of drug-likeness (QED) is 0.0253. The number of rotatable bonds is 18. The molecule has 0 spiro atoms. The van der Waals surface area contributed by atoms with E-state index >= 15 is 0 Å². The van der Waals surface area contributed by atoms with E-state index in [0.717, 1.165) is 0 Å². The first kappa shape index (κ1) is 121. The van der Waals surface area contributed by atoms with Crippen molar-refractivity contribution in [3.63, 3.8) is 0 Å². The number of hydrogen-bond donors (Lipinski definition) is 0. The van der Waals surface area contributed by atoms with E-state index in [1.54, 1.807) is 0 Å². The molecule has 42 heteroatoms. The predicted molar refractivity (Wildman–Crippen MR) is 514 cm³/mol. The number of carbonyl (C=O) groups is 6. The lowest BCUT2D eigenvalue weighted by Crippen LogP contribution is -2.27. The van der Waals surface area contributed by atoms with Gasteiger partial charge in [0.15, 0.2) is 29.4 Å². The lowest BCUT2D eigenvalue weighted by molar-refractivity contribution is -0.175. The summed E-state index contributed by atoms with van der Waals surface area (Å²) in [6.07, 6.45) is 12.5. The molecule has 0 aliphatic heterocycles. The van der Waals surface area contributed by atoms with Gasteiger partial charge >= 0.3 is 85.8 Å². The lowest BCUT2D eigenvalue weighted by Gasteiger charge is -2.10. The molecule has 0 heterocycles. The number of fused-ring (bicyclic) bond motifs is 6. The molecule has 0 aliphatic rings. The van der Waals surface area contributed by atoms with Gasteiger partial charge in [0.1, 0.15) is 37.5 Å². The molecule has 0 aromatic heterocycles. The Morgan fingerprint density at radius 2 is 0.303 bits per heavy atom. The van der Waals surface area contributed by atoms with Gasteiger partial charge in [-0.2, -0.15) is 0 Å². The SMILES string of the molecule is COC(=O)C(C)[S+](C)c1ccc2ccccc2c1.COC(=O)C(C)[S+](C)c1ccc2ccccc2c1.COC(=O)C(C)[S+](C)c1ccc2ccccc2c1.COC(=O)C(C)[S+](C)c1ccc2ccccc2c1.COC(=O)C(C)[S+](C)c1ccc2ccccc2c1.COC(=O)C(C)[S+](C)c1ccc2ccccc2c1.O=[P+]([O-])F.O=[P+]([O-])F.O=[P+]([O-])F.O=[P+]([O-])F.O=[P+]([O-])F.O=[P+]([O-])F. The van der Waals surface area contributed by atoms with Crippen LogP contribution in [0, 0.1) is 0 Å². The summed E-state index contributed by atoms with van der Waals surface area (Å²) >= 11 is 0. The van der Waals surface area contributed by atoms with Crippen molar-refractivity contribution in [1.29, 1.82) is 0 Å². The molecule has 12 rings (SSSR count). The summed E-state index contributed by atoms with van der Waals surface area (Å²) in [4.78, 5) is 127. The summed E-state index contributed by atoms with van der Waals surface area (Å²) in [5, 5.41) is 14.0. The molecule has 0 aliphatic carbocycles. The Bertz CT molecular complexity index is 4860. The van der Waals surface area contributed by atoms with E-state index in [4.69, 9.17) is 85.2 Å². The van der Waals surface area contributed by atoms with E-state index in [-0.39, 0.29) is 133 Å². The van der Waals surface area contributed by atoms with Crippen molar-refractivity contribution in [2.24, 2.45) is 0 Å². The first-order chi connectivity index (χ1) is 62.2. The highest BCUT2D eigenvalue weighted by Gasteiger charge is 2.37. The van der Waals surface area contributed by atoms with Gasteiger partial charge in [0.25, 0.3) is 0 Å². The molecule has 18 unspecified atom stereocenters. The van der Waals surface area contributed by atoms with Crippen LogP contribution in [-0.2, 0) is 150 Å². The molecule has 0 radical (unpaired) electrons. The molecule has 0 bridgehead atoms. The summed E-state index contributed by atoms with van der Waals surface area (Å²) in [5.74, 6) is -0.867. The highest BCUT2D eigenvalue weighted by molar-refractivity contribution is 7.99. The zero-order chi connectivity index (χ0) is 100. The van der Waals surface area contributed by atoms with Crippen LogP contribution in [0.15, 0.2) is 284 Å². The van der Waals surface area contributed by atoms with Crippen LogP contribution >= 0.6 is 50.0 Å². The summed E-state index contributed by atoms with van der Waals surface area (Å²) in [6.45, 7) is 11.5. The molecular weight excluding hydrogens is 1960 g/mol. The normalized spacial score (nSPS) is 13.6. The Morgan fingerprint density at radius 3 is 0.394 bits per heavy atom. The fraction of sp³-hybridized carbons (Fsp3) is 0.267. The smallest absolute Gasteiger partial charge is 0.540 e. The van der Waals surface area contributed by atoms with Crippen LogP contribution < -0.4 is 29.4 Å². The monoisotopic (exact) mass is 2060 g/mol. The molecule has 708 valence electrons. The first-order valence-corrected chi connectivity index (χ1v) is 54.9. The van der Waals surface area contributed by atoms with Gasteiger partial charge in [-0.3, -0.25) is 0 Å². The van der Waals surface area contributed by atoms with Crippen molar-refractivity contribution in [2.45, 2.75) is 102 Å². The van der Waals surface area contributed by atoms with Crippen LogP contribution in [-0.4, -0.2) is 148 Å². The maximum atomic E-state index is 11.6. The van der Waals surface area contributed by atoms with Crippen molar-refractivity contribution in [2.75, 3.05) is 80.2 Å². The molecule has 0 N–H and O–H groups in total. The van der Waals surface area contributed by atoms with Crippen molar-refractivity contribution in [1.82, 2.24) is 0 Å². The average Bonchev–Trinajstić information content (AvgIpc) is 0.850. The highest BCUT2D eigenvalue weighted by atomic mass is 32.2. The third-order valence-electron chi connectivity index (χ3n) is 18.9. The second-order valence-corrected chi connectivity index (χ2v) is 43.0. The Morgan fingerprint density at radius 1 is 0.212 bits per heavy atom. The van der Waals surface area contributed by atoms with Gasteiger partial charge in [-0.05, 0) is 206 Å². The number of carbonyl (C=O) groups excluding carboxylic acids is 6.